The maximum atomic E-state index is 13.8. The van der Waals surface area contributed by atoms with E-state index < -0.39 is 26.6 Å². The molecule has 0 aliphatic carbocycles. The molecular formula is C15H13F2NO2S. The molecule has 0 atom stereocenters. The van der Waals surface area contributed by atoms with Crippen LogP contribution in [0.3, 0.4) is 0 Å². The van der Waals surface area contributed by atoms with Crippen LogP contribution in [0.5, 0.6) is 0 Å². The van der Waals surface area contributed by atoms with E-state index in [4.69, 9.17) is 0 Å². The maximum absolute atomic E-state index is 13.8. The van der Waals surface area contributed by atoms with Crippen LogP contribution in [-0.2, 0) is 10.0 Å². The first-order chi connectivity index (χ1) is 9.96. The molecule has 2 aromatic carbocycles. The van der Waals surface area contributed by atoms with Gasteiger partial charge in [-0.2, -0.15) is 0 Å². The highest BCUT2D eigenvalue weighted by Gasteiger charge is 2.27. The summed E-state index contributed by atoms with van der Waals surface area (Å²) >= 11 is 0. The SMILES string of the molecule is C=CCN(c1ccccc1)S(=O)(=O)c1ccc(F)cc1F. The second kappa shape index (κ2) is 6.05. The van der Waals surface area contributed by atoms with Crippen LogP contribution in [0.4, 0.5) is 14.5 Å². The minimum Gasteiger partial charge on any atom is -0.262 e. The van der Waals surface area contributed by atoms with Crippen LogP contribution >= 0.6 is 0 Å². The summed E-state index contributed by atoms with van der Waals surface area (Å²) in [6, 6.07) is 10.6. The lowest BCUT2D eigenvalue weighted by atomic mass is 10.3. The van der Waals surface area contributed by atoms with Crippen molar-refractivity contribution in [3.63, 3.8) is 0 Å². The van der Waals surface area contributed by atoms with Crippen molar-refractivity contribution in [2.24, 2.45) is 0 Å². The van der Waals surface area contributed by atoms with Gasteiger partial charge in [0, 0.05) is 6.07 Å². The van der Waals surface area contributed by atoms with Gasteiger partial charge in [0.1, 0.15) is 16.5 Å². The summed E-state index contributed by atoms with van der Waals surface area (Å²) < 4.78 is 52.9. The van der Waals surface area contributed by atoms with Crippen molar-refractivity contribution in [3.8, 4) is 0 Å². The Balaban J connectivity index is 2.55. The molecule has 0 bridgehead atoms. The zero-order valence-electron chi connectivity index (χ0n) is 11.0. The molecule has 0 aromatic heterocycles. The molecule has 2 rings (SSSR count). The number of nitrogens with zero attached hydrogens (tertiary/aromatic N) is 1. The molecule has 110 valence electrons. The van der Waals surface area contributed by atoms with E-state index in [0.717, 1.165) is 16.4 Å². The van der Waals surface area contributed by atoms with Crippen LogP contribution < -0.4 is 4.31 Å². The molecule has 3 nitrogen and oxygen atoms in total. The Morgan fingerprint density at radius 2 is 1.76 bits per heavy atom. The van der Waals surface area contributed by atoms with Crippen molar-refractivity contribution in [1.29, 1.82) is 0 Å². The molecule has 0 unspecified atom stereocenters. The molecule has 0 amide bonds. The second-order valence-corrected chi connectivity index (χ2v) is 6.07. The van der Waals surface area contributed by atoms with Crippen LogP contribution in [0.25, 0.3) is 0 Å². The molecule has 0 radical (unpaired) electrons. The average molecular weight is 309 g/mol. The standard InChI is InChI=1S/C15H13F2NO2S/c1-2-10-18(13-6-4-3-5-7-13)21(19,20)15-9-8-12(16)11-14(15)17/h2-9,11H,1,10H2. The van der Waals surface area contributed by atoms with Gasteiger partial charge in [0.25, 0.3) is 10.0 Å². The predicted octanol–water partition coefficient (Wildman–Crippen LogP) is 3.35. The zero-order valence-corrected chi connectivity index (χ0v) is 11.9. The summed E-state index contributed by atoms with van der Waals surface area (Å²) in [6.07, 6.45) is 1.39. The fourth-order valence-corrected chi connectivity index (χ4v) is 3.34. The molecular weight excluding hydrogens is 296 g/mol. The van der Waals surface area contributed by atoms with Crippen LogP contribution in [0, 0.1) is 11.6 Å². The Bertz CT molecular complexity index is 746. The van der Waals surface area contributed by atoms with Crippen LogP contribution in [-0.4, -0.2) is 15.0 Å². The Morgan fingerprint density at radius 1 is 1.10 bits per heavy atom. The molecule has 0 aliphatic heterocycles. The molecule has 0 fully saturated rings. The van der Waals surface area contributed by atoms with Gasteiger partial charge in [-0.1, -0.05) is 24.3 Å². The fraction of sp³-hybridized carbons (Fsp3) is 0.0667. The third kappa shape index (κ3) is 3.11. The van der Waals surface area contributed by atoms with Crippen molar-refractivity contribution in [3.05, 3.63) is 72.8 Å². The van der Waals surface area contributed by atoms with Gasteiger partial charge < -0.3 is 0 Å². The van der Waals surface area contributed by atoms with E-state index in [2.05, 4.69) is 6.58 Å². The highest BCUT2D eigenvalue weighted by molar-refractivity contribution is 7.92. The number of para-hydroxylation sites is 1. The lowest BCUT2D eigenvalue weighted by Gasteiger charge is -2.23. The number of rotatable bonds is 5. The second-order valence-electron chi connectivity index (χ2n) is 4.24. The summed E-state index contributed by atoms with van der Waals surface area (Å²) in [5.74, 6) is -1.96. The average Bonchev–Trinajstić information content (AvgIpc) is 2.45. The van der Waals surface area contributed by atoms with Crippen molar-refractivity contribution in [2.45, 2.75) is 4.90 Å². The van der Waals surface area contributed by atoms with Gasteiger partial charge in [0.05, 0.1) is 12.2 Å². The van der Waals surface area contributed by atoms with Gasteiger partial charge in [-0.3, -0.25) is 4.31 Å². The first-order valence-electron chi connectivity index (χ1n) is 6.10. The van der Waals surface area contributed by atoms with Crippen LogP contribution in [0.15, 0.2) is 66.1 Å². The zero-order chi connectivity index (χ0) is 15.5. The number of sulfonamides is 1. The molecule has 0 aliphatic rings. The number of anilines is 1. The van der Waals surface area contributed by atoms with Gasteiger partial charge in [-0.25, -0.2) is 17.2 Å². The van der Waals surface area contributed by atoms with Crippen LogP contribution in [0.1, 0.15) is 0 Å². The smallest absolute Gasteiger partial charge is 0.262 e. The molecule has 0 saturated carbocycles. The normalized spacial score (nSPS) is 11.1. The number of halogens is 2. The lowest BCUT2D eigenvalue weighted by Crippen LogP contribution is -2.31. The predicted molar refractivity (Wildman–Crippen MR) is 77.5 cm³/mol. The first kappa shape index (κ1) is 15.2. The monoisotopic (exact) mass is 309 g/mol. The summed E-state index contributed by atoms with van der Waals surface area (Å²) in [7, 11) is -4.14. The number of hydrogen-bond acceptors (Lipinski definition) is 2. The van der Waals surface area contributed by atoms with E-state index in [1.54, 1.807) is 30.3 Å². The van der Waals surface area contributed by atoms with Gasteiger partial charge >= 0.3 is 0 Å². The largest absolute Gasteiger partial charge is 0.267 e. The van der Waals surface area contributed by atoms with E-state index in [9.17, 15) is 17.2 Å². The van der Waals surface area contributed by atoms with Crippen molar-refractivity contribution in [2.75, 3.05) is 10.8 Å². The molecule has 0 spiro atoms. The van der Waals surface area contributed by atoms with Crippen LogP contribution in [0.2, 0.25) is 0 Å². The van der Waals surface area contributed by atoms with E-state index in [0.29, 0.717) is 11.8 Å². The van der Waals surface area contributed by atoms with E-state index >= 15 is 0 Å². The van der Waals surface area contributed by atoms with Gasteiger partial charge in [0.2, 0.25) is 0 Å². The quantitative estimate of drug-likeness (QED) is 0.794. The molecule has 0 saturated heterocycles. The summed E-state index contributed by atoms with van der Waals surface area (Å²) in [4.78, 5) is -0.574. The Hall–Kier alpha value is -2.21. The number of hydrogen-bond donors (Lipinski definition) is 0. The van der Waals surface area contributed by atoms with E-state index in [1.165, 1.54) is 6.08 Å². The Morgan fingerprint density at radius 3 is 2.33 bits per heavy atom. The van der Waals surface area contributed by atoms with Crippen molar-refractivity contribution < 1.29 is 17.2 Å². The summed E-state index contributed by atoms with van der Waals surface area (Å²) in [5, 5.41) is 0. The van der Waals surface area contributed by atoms with E-state index in [-0.39, 0.29) is 6.54 Å². The third-order valence-corrected chi connectivity index (χ3v) is 4.63. The van der Waals surface area contributed by atoms with Gasteiger partial charge in [-0.05, 0) is 24.3 Å². The minimum absolute atomic E-state index is 0.0246. The molecule has 0 N–H and O–H groups in total. The molecule has 0 heterocycles. The highest BCUT2D eigenvalue weighted by atomic mass is 32.2. The van der Waals surface area contributed by atoms with Crippen molar-refractivity contribution in [1.82, 2.24) is 0 Å². The number of benzene rings is 2. The minimum atomic E-state index is -4.14. The molecule has 2 aromatic rings. The van der Waals surface area contributed by atoms with Gasteiger partial charge in [-0.15, -0.1) is 6.58 Å². The third-order valence-electron chi connectivity index (χ3n) is 2.80. The fourth-order valence-electron chi connectivity index (χ4n) is 1.86. The first-order valence-corrected chi connectivity index (χ1v) is 7.54. The highest BCUT2D eigenvalue weighted by Crippen LogP contribution is 2.25. The van der Waals surface area contributed by atoms with E-state index in [1.807, 2.05) is 0 Å². The van der Waals surface area contributed by atoms with Crippen molar-refractivity contribution >= 4 is 15.7 Å². The maximum Gasteiger partial charge on any atom is 0.267 e. The topological polar surface area (TPSA) is 37.4 Å². The lowest BCUT2D eigenvalue weighted by molar-refractivity contribution is 0.548. The van der Waals surface area contributed by atoms with Gasteiger partial charge in [0.15, 0.2) is 0 Å². The summed E-state index contributed by atoms with van der Waals surface area (Å²) in [6.45, 7) is 3.49. The molecule has 6 heteroatoms. The molecule has 21 heavy (non-hydrogen) atoms. The Kier molecular flexibility index (Phi) is 4.37. The Labute approximate surface area is 122 Å². The summed E-state index contributed by atoms with van der Waals surface area (Å²) in [5.41, 5.74) is 0.376.